The number of anilines is 2. The molecule has 0 aliphatic rings. The summed E-state index contributed by atoms with van der Waals surface area (Å²) in [6.07, 6.45) is 1.08. The number of carbonyl (C=O) groups is 1. The van der Waals surface area contributed by atoms with Crippen molar-refractivity contribution in [3.63, 3.8) is 0 Å². The van der Waals surface area contributed by atoms with Crippen molar-refractivity contribution >= 4 is 43.2 Å². The molecule has 0 saturated carbocycles. The zero-order chi connectivity index (χ0) is 21.3. The lowest BCUT2D eigenvalue weighted by molar-refractivity contribution is 0.102. The van der Waals surface area contributed by atoms with Crippen molar-refractivity contribution in [1.82, 2.24) is 9.78 Å². The summed E-state index contributed by atoms with van der Waals surface area (Å²) in [7, 11) is -3.41. The molecule has 0 fully saturated rings. The van der Waals surface area contributed by atoms with E-state index in [-0.39, 0.29) is 5.91 Å². The van der Waals surface area contributed by atoms with Crippen LogP contribution in [0.15, 0.2) is 46.9 Å². The van der Waals surface area contributed by atoms with E-state index in [2.05, 4.69) is 31.1 Å². The molecule has 0 radical (unpaired) electrons. The molecule has 0 aliphatic heterocycles. The Morgan fingerprint density at radius 3 is 2.28 bits per heavy atom. The van der Waals surface area contributed by atoms with Crippen molar-refractivity contribution < 1.29 is 13.2 Å². The van der Waals surface area contributed by atoms with Gasteiger partial charge < -0.3 is 5.32 Å². The molecule has 152 valence electrons. The third-order valence-corrected chi connectivity index (χ3v) is 6.11. The van der Waals surface area contributed by atoms with E-state index in [1.807, 2.05) is 30.7 Å². The molecule has 0 spiro atoms. The van der Waals surface area contributed by atoms with Crippen molar-refractivity contribution in [3.05, 3.63) is 69.5 Å². The van der Waals surface area contributed by atoms with Crippen molar-refractivity contribution in [2.75, 3.05) is 16.3 Å². The summed E-state index contributed by atoms with van der Waals surface area (Å²) in [6, 6.07) is 12.2. The first-order chi connectivity index (χ1) is 13.5. The molecule has 7 nitrogen and oxygen atoms in total. The molecule has 3 rings (SSSR count). The first-order valence-corrected chi connectivity index (χ1v) is 11.5. The molecule has 1 heterocycles. The van der Waals surface area contributed by atoms with E-state index < -0.39 is 10.0 Å². The third kappa shape index (κ3) is 4.86. The molecule has 0 saturated heterocycles. The standard InChI is InChI=1S/C20H21BrN4O3S/c1-12-5-8-16(11-18(12)24-29(4,27)28)22-20(26)15-6-9-17(10-7-15)25-14(3)19(21)13(2)23-25/h5-11,24H,1-4H3,(H,22,26). The van der Waals surface area contributed by atoms with Gasteiger partial charge in [-0.15, -0.1) is 0 Å². The molecule has 0 unspecified atom stereocenters. The lowest BCUT2D eigenvalue weighted by atomic mass is 10.1. The van der Waals surface area contributed by atoms with Crippen LogP contribution in [0.1, 0.15) is 27.3 Å². The van der Waals surface area contributed by atoms with E-state index in [1.54, 1.807) is 37.3 Å². The summed E-state index contributed by atoms with van der Waals surface area (Å²) in [4.78, 5) is 12.6. The topological polar surface area (TPSA) is 93.1 Å². The summed E-state index contributed by atoms with van der Waals surface area (Å²) in [6.45, 7) is 5.67. The normalized spacial score (nSPS) is 11.3. The van der Waals surface area contributed by atoms with Gasteiger partial charge in [0, 0.05) is 11.3 Å². The fraction of sp³-hybridized carbons (Fsp3) is 0.200. The van der Waals surface area contributed by atoms with Gasteiger partial charge in [-0.25, -0.2) is 13.1 Å². The predicted octanol–water partition coefficient (Wildman–Crippen LogP) is 4.18. The summed E-state index contributed by atoms with van der Waals surface area (Å²) < 4.78 is 28.2. The molecule has 0 bridgehead atoms. The number of halogens is 1. The van der Waals surface area contributed by atoms with Crippen LogP contribution in [0, 0.1) is 20.8 Å². The minimum absolute atomic E-state index is 0.291. The number of hydrogen-bond donors (Lipinski definition) is 2. The maximum Gasteiger partial charge on any atom is 0.255 e. The SMILES string of the molecule is Cc1ccc(NC(=O)c2ccc(-n3nc(C)c(Br)c3C)cc2)cc1NS(C)(=O)=O. The second kappa shape index (κ2) is 8.00. The predicted molar refractivity (Wildman–Crippen MR) is 118 cm³/mol. The van der Waals surface area contributed by atoms with Gasteiger partial charge in [0.25, 0.3) is 5.91 Å². The van der Waals surface area contributed by atoms with Crippen LogP contribution in [-0.4, -0.2) is 30.4 Å². The van der Waals surface area contributed by atoms with Crippen LogP contribution < -0.4 is 10.0 Å². The largest absolute Gasteiger partial charge is 0.322 e. The number of amides is 1. The van der Waals surface area contributed by atoms with Gasteiger partial charge >= 0.3 is 0 Å². The Kier molecular flexibility index (Phi) is 5.81. The van der Waals surface area contributed by atoms with Crippen LogP contribution in [-0.2, 0) is 10.0 Å². The van der Waals surface area contributed by atoms with E-state index in [9.17, 15) is 13.2 Å². The molecule has 29 heavy (non-hydrogen) atoms. The maximum atomic E-state index is 12.6. The molecule has 9 heteroatoms. The van der Waals surface area contributed by atoms with Crippen molar-refractivity contribution in [2.24, 2.45) is 0 Å². The Morgan fingerprint density at radius 2 is 1.72 bits per heavy atom. The van der Waals surface area contributed by atoms with E-state index >= 15 is 0 Å². The Balaban J connectivity index is 1.79. The van der Waals surface area contributed by atoms with Gasteiger partial charge in [-0.3, -0.25) is 9.52 Å². The van der Waals surface area contributed by atoms with Crippen LogP contribution in [0.5, 0.6) is 0 Å². The number of hydrogen-bond acceptors (Lipinski definition) is 4. The molecular formula is C20H21BrN4O3S. The number of sulfonamides is 1. The zero-order valence-corrected chi connectivity index (χ0v) is 18.8. The lowest BCUT2D eigenvalue weighted by Crippen LogP contribution is -2.14. The van der Waals surface area contributed by atoms with Gasteiger partial charge in [0.15, 0.2) is 0 Å². The van der Waals surface area contributed by atoms with Crippen LogP contribution in [0.3, 0.4) is 0 Å². The number of nitrogens with one attached hydrogen (secondary N) is 2. The number of aromatic nitrogens is 2. The van der Waals surface area contributed by atoms with E-state index in [0.29, 0.717) is 16.9 Å². The summed E-state index contributed by atoms with van der Waals surface area (Å²) in [5.41, 5.74) is 4.88. The Labute approximate surface area is 178 Å². The number of benzene rings is 2. The summed E-state index contributed by atoms with van der Waals surface area (Å²) in [5.74, 6) is -0.291. The number of nitrogens with zero attached hydrogens (tertiary/aromatic N) is 2. The van der Waals surface area contributed by atoms with Gasteiger partial charge in [0.05, 0.1) is 33.5 Å². The van der Waals surface area contributed by atoms with Crippen LogP contribution in [0.2, 0.25) is 0 Å². The molecule has 3 aromatic rings. The Morgan fingerprint density at radius 1 is 1.07 bits per heavy atom. The number of rotatable bonds is 5. The van der Waals surface area contributed by atoms with E-state index in [1.165, 1.54) is 0 Å². The Hall–Kier alpha value is -2.65. The fourth-order valence-electron chi connectivity index (χ4n) is 2.84. The van der Waals surface area contributed by atoms with Gasteiger partial charge in [-0.1, -0.05) is 6.07 Å². The van der Waals surface area contributed by atoms with Crippen LogP contribution >= 0.6 is 15.9 Å². The monoisotopic (exact) mass is 476 g/mol. The van der Waals surface area contributed by atoms with Crippen molar-refractivity contribution in [2.45, 2.75) is 20.8 Å². The van der Waals surface area contributed by atoms with E-state index in [0.717, 1.165) is 33.4 Å². The van der Waals surface area contributed by atoms with Crippen molar-refractivity contribution in [1.29, 1.82) is 0 Å². The number of carbonyl (C=O) groups excluding carboxylic acids is 1. The van der Waals surface area contributed by atoms with Crippen LogP contribution in [0.25, 0.3) is 5.69 Å². The first-order valence-electron chi connectivity index (χ1n) is 8.77. The average Bonchev–Trinajstić information content (AvgIpc) is 2.91. The van der Waals surface area contributed by atoms with Gasteiger partial charge in [-0.2, -0.15) is 5.10 Å². The van der Waals surface area contributed by atoms with Gasteiger partial charge in [0.1, 0.15) is 0 Å². The summed E-state index contributed by atoms with van der Waals surface area (Å²) >= 11 is 3.51. The fourth-order valence-corrected chi connectivity index (χ4v) is 3.71. The highest BCUT2D eigenvalue weighted by molar-refractivity contribution is 9.10. The molecule has 0 atom stereocenters. The maximum absolute atomic E-state index is 12.6. The van der Waals surface area contributed by atoms with Crippen molar-refractivity contribution in [3.8, 4) is 5.69 Å². The minimum atomic E-state index is -3.41. The third-order valence-electron chi connectivity index (χ3n) is 4.37. The first kappa shape index (κ1) is 21.1. The molecule has 2 aromatic carbocycles. The molecule has 0 aliphatic carbocycles. The number of aryl methyl sites for hydroxylation is 2. The molecule has 1 aromatic heterocycles. The quantitative estimate of drug-likeness (QED) is 0.577. The van der Waals surface area contributed by atoms with Crippen LogP contribution in [0.4, 0.5) is 11.4 Å². The minimum Gasteiger partial charge on any atom is -0.322 e. The smallest absolute Gasteiger partial charge is 0.255 e. The van der Waals surface area contributed by atoms with Gasteiger partial charge in [-0.05, 0) is 78.7 Å². The highest BCUT2D eigenvalue weighted by Gasteiger charge is 2.12. The second-order valence-electron chi connectivity index (χ2n) is 6.80. The lowest BCUT2D eigenvalue weighted by Gasteiger charge is -2.11. The summed E-state index contributed by atoms with van der Waals surface area (Å²) in [5, 5.41) is 7.27. The highest BCUT2D eigenvalue weighted by atomic mass is 79.9. The molecule has 2 N–H and O–H groups in total. The zero-order valence-electron chi connectivity index (χ0n) is 16.4. The second-order valence-corrected chi connectivity index (χ2v) is 9.34. The molecular weight excluding hydrogens is 456 g/mol. The highest BCUT2D eigenvalue weighted by Crippen LogP contribution is 2.24. The average molecular weight is 477 g/mol. The van der Waals surface area contributed by atoms with E-state index in [4.69, 9.17) is 0 Å². The van der Waals surface area contributed by atoms with Gasteiger partial charge in [0.2, 0.25) is 10.0 Å². The Bertz CT molecular complexity index is 1190. The molecule has 1 amide bonds.